The van der Waals surface area contributed by atoms with Crippen molar-refractivity contribution in [2.45, 2.75) is 43.7 Å². The summed E-state index contributed by atoms with van der Waals surface area (Å²) in [5.41, 5.74) is 0.188. The van der Waals surface area contributed by atoms with Crippen LogP contribution in [0.3, 0.4) is 0 Å². The van der Waals surface area contributed by atoms with Gasteiger partial charge in [-0.05, 0) is 50.8 Å². The summed E-state index contributed by atoms with van der Waals surface area (Å²) >= 11 is 0. The van der Waals surface area contributed by atoms with Crippen molar-refractivity contribution in [3.63, 3.8) is 0 Å². The quantitative estimate of drug-likeness (QED) is 0.697. The molecular formula is C17H21NO. The Morgan fingerprint density at radius 2 is 2.00 bits per heavy atom. The molecule has 1 aromatic rings. The molecule has 3 unspecified atom stereocenters. The molecule has 19 heavy (non-hydrogen) atoms. The molecule has 1 saturated heterocycles. The lowest BCUT2D eigenvalue weighted by molar-refractivity contribution is -0.0265. The van der Waals surface area contributed by atoms with Crippen molar-refractivity contribution in [2.24, 2.45) is 5.92 Å². The van der Waals surface area contributed by atoms with Crippen LogP contribution in [0.25, 0.3) is 0 Å². The lowest BCUT2D eigenvalue weighted by Gasteiger charge is -2.45. The van der Waals surface area contributed by atoms with Crippen molar-refractivity contribution in [3.8, 4) is 11.8 Å². The molecule has 2 fully saturated rings. The first-order valence-corrected chi connectivity index (χ1v) is 7.32. The molecule has 0 bridgehead atoms. The van der Waals surface area contributed by atoms with Gasteiger partial charge in [0.2, 0.25) is 0 Å². The first-order valence-electron chi connectivity index (χ1n) is 7.32. The number of nitrogens with one attached hydrogen (secondary N) is 1. The Morgan fingerprint density at radius 3 is 2.84 bits per heavy atom. The summed E-state index contributed by atoms with van der Waals surface area (Å²) < 4.78 is 0. The Bertz CT molecular complexity index is 485. The Balaban J connectivity index is 1.83. The van der Waals surface area contributed by atoms with E-state index in [2.05, 4.69) is 17.2 Å². The normalized spacial score (nSPS) is 33.9. The maximum absolute atomic E-state index is 10.9. The highest BCUT2D eigenvalue weighted by Gasteiger charge is 2.44. The minimum Gasteiger partial charge on any atom is -0.377 e. The molecule has 1 aliphatic carbocycles. The molecular weight excluding hydrogens is 234 g/mol. The van der Waals surface area contributed by atoms with Crippen LogP contribution in [0.5, 0.6) is 0 Å². The summed E-state index contributed by atoms with van der Waals surface area (Å²) in [6.07, 6.45) is 5.30. The van der Waals surface area contributed by atoms with Gasteiger partial charge in [-0.2, -0.15) is 0 Å². The maximum atomic E-state index is 10.9. The van der Waals surface area contributed by atoms with Crippen LogP contribution in [0.15, 0.2) is 30.3 Å². The third-order valence-electron chi connectivity index (χ3n) is 4.47. The molecule has 0 amide bonds. The van der Waals surface area contributed by atoms with Crippen LogP contribution in [0, 0.1) is 17.8 Å². The standard InChI is InChI=1S/C17H21NO/c19-17(12-10-14-6-2-1-3-7-14)11-4-9-16-15(17)8-5-13-18-16/h1-3,6-7,15-16,18-19H,4-5,8-9,11,13H2. The first-order chi connectivity index (χ1) is 9.28. The summed E-state index contributed by atoms with van der Waals surface area (Å²) in [6, 6.07) is 10.4. The van der Waals surface area contributed by atoms with Gasteiger partial charge in [-0.3, -0.25) is 0 Å². The fourth-order valence-electron chi connectivity index (χ4n) is 3.46. The minimum absolute atomic E-state index is 0.297. The van der Waals surface area contributed by atoms with Crippen molar-refractivity contribution >= 4 is 0 Å². The number of piperidine rings is 1. The Hall–Kier alpha value is -1.30. The molecule has 100 valence electrons. The lowest BCUT2D eigenvalue weighted by Crippen LogP contribution is -2.54. The zero-order chi connectivity index (χ0) is 13.1. The highest BCUT2D eigenvalue weighted by molar-refractivity contribution is 5.36. The van der Waals surface area contributed by atoms with Crippen LogP contribution in [0.1, 0.15) is 37.7 Å². The van der Waals surface area contributed by atoms with E-state index < -0.39 is 5.60 Å². The average Bonchev–Trinajstić information content (AvgIpc) is 2.47. The van der Waals surface area contributed by atoms with Crippen molar-refractivity contribution in [1.82, 2.24) is 5.32 Å². The van der Waals surface area contributed by atoms with Crippen molar-refractivity contribution in [1.29, 1.82) is 0 Å². The average molecular weight is 255 g/mol. The largest absolute Gasteiger partial charge is 0.377 e. The van der Waals surface area contributed by atoms with Crippen LogP contribution in [0.2, 0.25) is 0 Å². The number of fused-ring (bicyclic) bond motifs is 1. The molecule has 2 nitrogen and oxygen atoms in total. The SMILES string of the molecule is OC1(C#Cc2ccccc2)CCCC2NCCCC21. The van der Waals surface area contributed by atoms with E-state index in [1.54, 1.807) is 0 Å². The highest BCUT2D eigenvalue weighted by atomic mass is 16.3. The smallest absolute Gasteiger partial charge is 0.130 e. The number of aliphatic hydroxyl groups is 1. The molecule has 0 aromatic heterocycles. The molecule has 2 heteroatoms. The van der Waals surface area contributed by atoms with Crippen molar-refractivity contribution in [3.05, 3.63) is 35.9 Å². The molecule has 3 rings (SSSR count). The highest BCUT2D eigenvalue weighted by Crippen LogP contribution is 2.38. The van der Waals surface area contributed by atoms with E-state index in [0.717, 1.165) is 37.8 Å². The summed E-state index contributed by atoms with van der Waals surface area (Å²) in [4.78, 5) is 0. The van der Waals surface area contributed by atoms with E-state index >= 15 is 0 Å². The van der Waals surface area contributed by atoms with Crippen LogP contribution in [-0.4, -0.2) is 23.3 Å². The summed E-state index contributed by atoms with van der Waals surface area (Å²) in [5, 5.41) is 14.5. The fraction of sp³-hybridized carbons (Fsp3) is 0.529. The zero-order valence-electron chi connectivity index (χ0n) is 11.2. The van der Waals surface area contributed by atoms with Gasteiger partial charge in [0, 0.05) is 17.5 Å². The maximum Gasteiger partial charge on any atom is 0.130 e. The van der Waals surface area contributed by atoms with E-state index in [9.17, 15) is 5.11 Å². The second-order valence-corrected chi connectivity index (χ2v) is 5.74. The van der Waals surface area contributed by atoms with Gasteiger partial charge in [-0.1, -0.05) is 30.0 Å². The van der Waals surface area contributed by atoms with Gasteiger partial charge in [0.15, 0.2) is 0 Å². The molecule has 1 heterocycles. The summed E-state index contributed by atoms with van der Waals surface area (Å²) in [7, 11) is 0. The number of rotatable bonds is 0. The van der Waals surface area contributed by atoms with E-state index in [0.29, 0.717) is 12.0 Å². The molecule has 1 saturated carbocycles. The zero-order valence-corrected chi connectivity index (χ0v) is 11.2. The molecule has 1 aromatic carbocycles. The van der Waals surface area contributed by atoms with Crippen LogP contribution < -0.4 is 5.32 Å². The van der Waals surface area contributed by atoms with Gasteiger partial charge in [0.25, 0.3) is 0 Å². The van der Waals surface area contributed by atoms with Crippen LogP contribution in [-0.2, 0) is 0 Å². The Morgan fingerprint density at radius 1 is 1.16 bits per heavy atom. The topological polar surface area (TPSA) is 32.3 Å². The van der Waals surface area contributed by atoms with Crippen molar-refractivity contribution < 1.29 is 5.11 Å². The number of hydrogen-bond donors (Lipinski definition) is 2. The van der Waals surface area contributed by atoms with Crippen LogP contribution >= 0.6 is 0 Å². The monoisotopic (exact) mass is 255 g/mol. The molecule has 3 atom stereocenters. The molecule has 0 radical (unpaired) electrons. The number of hydrogen-bond acceptors (Lipinski definition) is 2. The second kappa shape index (κ2) is 5.36. The molecule has 2 aliphatic rings. The van der Waals surface area contributed by atoms with Gasteiger partial charge in [0.05, 0.1) is 0 Å². The van der Waals surface area contributed by atoms with Gasteiger partial charge in [-0.15, -0.1) is 0 Å². The van der Waals surface area contributed by atoms with Gasteiger partial charge in [0.1, 0.15) is 5.60 Å². The lowest BCUT2D eigenvalue weighted by atomic mass is 9.69. The first kappa shape index (κ1) is 12.7. The second-order valence-electron chi connectivity index (χ2n) is 5.74. The third-order valence-corrected chi connectivity index (χ3v) is 4.47. The predicted octanol–water partition coefficient (Wildman–Crippen LogP) is 2.32. The predicted molar refractivity (Wildman–Crippen MR) is 76.6 cm³/mol. The number of benzene rings is 1. The van der Waals surface area contributed by atoms with Gasteiger partial charge in [-0.25, -0.2) is 0 Å². The van der Waals surface area contributed by atoms with Gasteiger partial charge < -0.3 is 10.4 Å². The summed E-state index contributed by atoms with van der Waals surface area (Å²) in [5.74, 6) is 6.64. The minimum atomic E-state index is -0.799. The molecule has 0 spiro atoms. The Kier molecular flexibility index (Phi) is 3.59. The van der Waals surface area contributed by atoms with Crippen LogP contribution in [0.4, 0.5) is 0 Å². The van der Waals surface area contributed by atoms with E-state index in [-0.39, 0.29) is 0 Å². The van der Waals surface area contributed by atoms with Gasteiger partial charge >= 0.3 is 0 Å². The third kappa shape index (κ3) is 2.68. The van der Waals surface area contributed by atoms with Crippen molar-refractivity contribution in [2.75, 3.05) is 6.54 Å². The molecule has 2 N–H and O–H groups in total. The molecule has 1 aliphatic heterocycles. The Labute approximate surface area is 115 Å². The van der Waals surface area contributed by atoms with E-state index in [4.69, 9.17) is 0 Å². The van der Waals surface area contributed by atoms with E-state index in [1.807, 2.05) is 30.3 Å². The summed E-state index contributed by atoms with van der Waals surface area (Å²) in [6.45, 7) is 1.09. The fourth-order valence-corrected chi connectivity index (χ4v) is 3.46. The van der Waals surface area contributed by atoms with E-state index in [1.165, 1.54) is 6.42 Å².